The van der Waals surface area contributed by atoms with Gasteiger partial charge in [-0.1, -0.05) is 24.3 Å². The third-order valence-corrected chi connectivity index (χ3v) is 3.52. The van der Waals surface area contributed by atoms with Crippen molar-refractivity contribution in [3.63, 3.8) is 0 Å². The maximum absolute atomic E-state index is 11.8. The number of rotatable bonds is 2. The van der Waals surface area contributed by atoms with Crippen LogP contribution < -0.4 is 5.73 Å². The predicted molar refractivity (Wildman–Crippen MR) is 76.0 cm³/mol. The van der Waals surface area contributed by atoms with Crippen LogP contribution in [0, 0.1) is 6.92 Å². The van der Waals surface area contributed by atoms with E-state index in [1.807, 2.05) is 4.90 Å². The van der Waals surface area contributed by atoms with Crippen LogP contribution in [-0.2, 0) is 4.79 Å². The van der Waals surface area contributed by atoms with Crippen molar-refractivity contribution in [3.05, 3.63) is 35.4 Å². The molecule has 4 heteroatoms. The van der Waals surface area contributed by atoms with E-state index >= 15 is 0 Å². The van der Waals surface area contributed by atoms with Gasteiger partial charge in [0.1, 0.15) is 0 Å². The summed E-state index contributed by atoms with van der Waals surface area (Å²) in [7, 11) is 0. The maximum atomic E-state index is 11.8. The normalized spacial score (nSPS) is 20.4. The summed E-state index contributed by atoms with van der Waals surface area (Å²) >= 11 is 0. The molecule has 18 heavy (non-hydrogen) atoms. The van der Waals surface area contributed by atoms with Gasteiger partial charge < -0.3 is 10.6 Å². The highest BCUT2D eigenvalue weighted by Crippen LogP contribution is 2.29. The lowest BCUT2D eigenvalue weighted by molar-refractivity contribution is -0.131. The Balaban J connectivity index is 0.00000162. The van der Waals surface area contributed by atoms with E-state index in [2.05, 4.69) is 31.2 Å². The minimum absolute atomic E-state index is 0. The molecule has 1 amide bonds. The monoisotopic (exact) mass is 268 g/mol. The predicted octanol–water partition coefficient (Wildman–Crippen LogP) is 2.08. The minimum Gasteiger partial charge on any atom is -0.341 e. The maximum Gasteiger partial charge on any atom is 0.239 e. The van der Waals surface area contributed by atoms with Crippen LogP contribution in [0.15, 0.2) is 24.3 Å². The van der Waals surface area contributed by atoms with E-state index in [1.54, 1.807) is 6.92 Å². The minimum atomic E-state index is -0.384. The van der Waals surface area contributed by atoms with E-state index < -0.39 is 0 Å². The first-order valence-corrected chi connectivity index (χ1v) is 6.19. The van der Waals surface area contributed by atoms with Crippen LogP contribution in [0.5, 0.6) is 0 Å². The molecular formula is C14H21ClN2O. The van der Waals surface area contributed by atoms with Crippen LogP contribution in [0.3, 0.4) is 0 Å². The zero-order chi connectivity index (χ0) is 12.4. The van der Waals surface area contributed by atoms with Crippen molar-refractivity contribution < 1.29 is 4.79 Å². The molecule has 2 atom stereocenters. The van der Waals surface area contributed by atoms with Crippen molar-refractivity contribution in [1.29, 1.82) is 0 Å². The van der Waals surface area contributed by atoms with Gasteiger partial charge in [0.15, 0.2) is 0 Å². The van der Waals surface area contributed by atoms with Crippen molar-refractivity contribution in [2.45, 2.75) is 32.2 Å². The molecule has 0 spiro atoms. The Morgan fingerprint density at radius 3 is 2.72 bits per heavy atom. The first-order valence-electron chi connectivity index (χ1n) is 6.19. The lowest BCUT2D eigenvalue weighted by Crippen LogP contribution is -2.40. The lowest BCUT2D eigenvalue weighted by atomic mass is 9.94. The van der Waals surface area contributed by atoms with Gasteiger partial charge in [-0.25, -0.2) is 0 Å². The number of carbonyl (C=O) groups excluding carboxylic acids is 1. The second-order valence-electron chi connectivity index (χ2n) is 4.92. The first kappa shape index (κ1) is 15.0. The van der Waals surface area contributed by atoms with Gasteiger partial charge in [-0.05, 0) is 31.4 Å². The molecule has 1 heterocycles. The van der Waals surface area contributed by atoms with Gasteiger partial charge in [-0.2, -0.15) is 0 Å². The average molecular weight is 269 g/mol. The fourth-order valence-electron chi connectivity index (χ4n) is 2.55. The van der Waals surface area contributed by atoms with Crippen LogP contribution in [0.25, 0.3) is 0 Å². The SMILES string of the molecule is Cc1ccccc1C1CCN(C(=O)[C@@H](C)N)C1.Cl. The van der Waals surface area contributed by atoms with Gasteiger partial charge in [-0.15, -0.1) is 12.4 Å². The second kappa shape index (κ2) is 6.21. The van der Waals surface area contributed by atoms with Gasteiger partial charge in [-0.3, -0.25) is 4.79 Å². The molecule has 2 rings (SSSR count). The molecule has 1 aromatic carbocycles. The van der Waals surface area contributed by atoms with E-state index in [1.165, 1.54) is 11.1 Å². The summed E-state index contributed by atoms with van der Waals surface area (Å²) in [4.78, 5) is 13.7. The molecule has 0 bridgehead atoms. The highest BCUT2D eigenvalue weighted by molar-refractivity contribution is 5.85. The van der Waals surface area contributed by atoms with Crippen LogP contribution in [-0.4, -0.2) is 29.9 Å². The van der Waals surface area contributed by atoms with Crippen molar-refractivity contribution in [2.75, 3.05) is 13.1 Å². The number of halogens is 1. The molecule has 3 nitrogen and oxygen atoms in total. The smallest absolute Gasteiger partial charge is 0.239 e. The van der Waals surface area contributed by atoms with Gasteiger partial charge in [0.2, 0.25) is 5.91 Å². The molecule has 1 fully saturated rings. The summed E-state index contributed by atoms with van der Waals surface area (Å²) in [5, 5.41) is 0. The fourth-order valence-corrected chi connectivity index (χ4v) is 2.55. The Morgan fingerprint density at radius 1 is 1.44 bits per heavy atom. The van der Waals surface area contributed by atoms with Crippen molar-refractivity contribution in [3.8, 4) is 0 Å². The number of nitrogens with zero attached hydrogens (tertiary/aromatic N) is 1. The molecule has 1 aromatic rings. The number of aryl methyl sites for hydroxylation is 1. The third kappa shape index (κ3) is 3.03. The molecule has 1 saturated heterocycles. The van der Waals surface area contributed by atoms with Gasteiger partial charge in [0.05, 0.1) is 6.04 Å². The molecule has 1 aliphatic heterocycles. The zero-order valence-corrected chi connectivity index (χ0v) is 11.7. The van der Waals surface area contributed by atoms with E-state index in [0.29, 0.717) is 5.92 Å². The molecule has 0 radical (unpaired) electrons. The molecule has 0 aromatic heterocycles. The number of amides is 1. The number of hydrogen-bond acceptors (Lipinski definition) is 2. The van der Waals surface area contributed by atoms with Crippen LogP contribution in [0.2, 0.25) is 0 Å². The lowest BCUT2D eigenvalue weighted by Gasteiger charge is -2.19. The Hall–Kier alpha value is -1.06. The highest BCUT2D eigenvalue weighted by Gasteiger charge is 2.29. The van der Waals surface area contributed by atoms with Crippen LogP contribution in [0.1, 0.15) is 30.4 Å². The Labute approximate surface area is 115 Å². The fraction of sp³-hybridized carbons (Fsp3) is 0.500. The summed E-state index contributed by atoms with van der Waals surface area (Å²) in [5.41, 5.74) is 8.32. The number of hydrogen-bond donors (Lipinski definition) is 1. The summed E-state index contributed by atoms with van der Waals surface area (Å²) in [5.74, 6) is 0.542. The summed E-state index contributed by atoms with van der Waals surface area (Å²) in [6.45, 7) is 5.53. The van der Waals surface area contributed by atoms with Crippen LogP contribution >= 0.6 is 12.4 Å². The number of likely N-dealkylation sites (tertiary alicyclic amines) is 1. The summed E-state index contributed by atoms with van der Waals surface area (Å²) in [6, 6.07) is 8.04. The van der Waals surface area contributed by atoms with Crippen molar-refractivity contribution in [2.24, 2.45) is 5.73 Å². The van der Waals surface area contributed by atoms with E-state index in [0.717, 1.165) is 19.5 Å². The highest BCUT2D eigenvalue weighted by atomic mass is 35.5. The average Bonchev–Trinajstić information content (AvgIpc) is 2.77. The van der Waals surface area contributed by atoms with E-state index in [4.69, 9.17) is 5.73 Å². The van der Waals surface area contributed by atoms with Gasteiger partial charge in [0.25, 0.3) is 0 Å². The molecule has 100 valence electrons. The van der Waals surface area contributed by atoms with Crippen molar-refractivity contribution in [1.82, 2.24) is 4.90 Å². The standard InChI is InChI=1S/C14H20N2O.ClH/c1-10-5-3-4-6-13(10)12-7-8-16(9-12)14(17)11(2)15;/h3-6,11-12H,7-9,15H2,1-2H3;1H/t11-,12?;/m1./s1. The topological polar surface area (TPSA) is 46.3 Å². The largest absolute Gasteiger partial charge is 0.341 e. The number of carbonyl (C=O) groups is 1. The number of nitrogens with two attached hydrogens (primary N) is 1. The van der Waals surface area contributed by atoms with Gasteiger partial charge in [0, 0.05) is 19.0 Å². The summed E-state index contributed by atoms with van der Waals surface area (Å²) < 4.78 is 0. The second-order valence-corrected chi connectivity index (χ2v) is 4.92. The molecular weight excluding hydrogens is 248 g/mol. The van der Waals surface area contributed by atoms with Crippen LogP contribution in [0.4, 0.5) is 0 Å². The summed E-state index contributed by atoms with van der Waals surface area (Å²) in [6.07, 6.45) is 1.04. The number of benzene rings is 1. The quantitative estimate of drug-likeness (QED) is 0.893. The van der Waals surface area contributed by atoms with Gasteiger partial charge >= 0.3 is 0 Å². The zero-order valence-electron chi connectivity index (χ0n) is 10.9. The Kier molecular flexibility index (Phi) is 5.17. The third-order valence-electron chi connectivity index (χ3n) is 3.52. The first-order chi connectivity index (χ1) is 8.09. The molecule has 1 aliphatic rings. The van der Waals surface area contributed by atoms with E-state index in [9.17, 15) is 4.79 Å². The molecule has 0 saturated carbocycles. The molecule has 0 aliphatic carbocycles. The molecule has 1 unspecified atom stereocenters. The Bertz CT molecular complexity index is 420. The molecule has 2 N–H and O–H groups in total. The van der Waals surface area contributed by atoms with E-state index in [-0.39, 0.29) is 24.4 Å². The van der Waals surface area contributed by atoms with Crippen molar-refractivity contribution >= 4 is 18.3 Å². The Morgan fingerprint density at radius 2 is 2.11 bits per heavy atom.